The van der Waals surface area contributed by atoms with E-state index in [-0.39, 0.29) is 12.4 Å². The van der Waals surface area contributed by atoms with E-state index in [0.29, 0.717) is 12.5 Å². The van der Waals surface area contributed by atoms with Crippen LogP contribution in [0.2, 0.25) is 0 Å². The molecule has 1 atom stereocenters. The van der Waals surface area contributed by atoms with Gasteiger partial charge in [-0.3, -0.25) is 0 Å². The Hall–Kier alpha value is -0.770. The lowest BCUT2D eigenvalue weighted by Gasteiger charge is -2.28. The van der Waals surface area contributed by atoms with E-state index >= 15 is 0 Å². The Kier molecular flexibility index (Phi) is 8.23. The predicted molar refractivity (Wildman–Crippen MR) is 94.3 cm³/mol. The van der Waals surface area contributed by atoms with Gasteiger partial charge in [-0.25, -0.2) is 0 Å². The Balaban J connectivity index is 0.00000242. The largest absolute Gasteiger partial charge is 0.491 e. The molecule has 1 aromatic carbocycles. The maximum atomic E-state index is 10.2. The van der Waals surface area contributed by atoms with Gasteiger partial charge in [0.15, 0.2) is 0 Å². The SMILES string of the molecule is Cc1ccc(C(C)C)c(OCC(O)CN2CCCCC2)c1.Cl. The second-order valence-corrected chi connectivity index (χ2v) is 6.52. The summed E-state index contributed by atoms with van der Waals surface area (Å²) in [6, 6.07) is 6.32. The third-order valence-electron chi connectivity index (χ3n) is 4.14. The topological polar surface area (TPSA) is 32.7 Å². The summed E-state index contributed by atoms with van der Waals surface area (Å²) >= 11 is 0. The molecule has 1 saturated heterocycles. The summed E-state index contributed by atoms with van der Waals surface area (Å²) in [7, 11) is 0. The van der Waals surface area contributed by atoms with E-state index in [4.69, 9.17) is 4.74 Å². The molecule has 0 aromatic heterocycles. The lowest BCUT2D eigenvalue weighted by atomic mass is 10.0. The van der Waals surface area contributed by atoms with Crippen molar-refractivity contribution in [2.45, 2.75) is 52.1 Å². The fraction of sp³-hybridized carbons (Fsp3) is 0.667. The first kappa shape index (κ1) is 19.3. The van der Waals surface area contributed by atoms with Crippen molar-refractivity contribution >= 4 is 12.4 Å². The maximum Gasteiger partial charge on any atom is 0.123 e. The van der Waals surface area contributed by atoms with E-state index in [0.717, 1.165) is 25.4 Å². The second-order valence-electron chi connectivity index (χ2n) is 6.52. The summed E-state index contributed by atoms with van der Waals surface area (Å²) in [5.74, 6) is 1.35. The van der Waals surface area contributed by atoms with Crippen LogP contribution >= 0.6 is 12.4 Å². The summed E-state index contributed by atoms with van der Waals surface area (Å²) < 4.78 is 5.91. The molecule has 1 heterocycles. The van der Waals surface area contributed by atoms with E-state index in [1.807, 2.05) is 0 Å². The van der Waals surface area contributed by atoms with Gasteiger partial charge in [0.2, 0.25) is 0 Å². The number of β-amino-alcohol motifs (C(OH)–C–C–N with tert-alkyl or cyclic N) is 1. The third kappa shape index (κ3) is 5.79. The molecule has 3 nitrogen and oxygen atoms in total. The molecule has 0 bridgehead atoms. The number of aliphatic hydroxyl groups excluding tert-OH is 1. The minimum Gasteiger partial charge on any atom is -0.491 e. The van der Waals surface area contributed by atoms with E-state index in [1.165, 1.54) is 30.4 Å². The van der Waals surface area contributed by atoms with Gasteiger partial charge in [-0.2, -0.15) is 0 Å². The molecule has 1 aromatic rings. The molecule has 1 unspecified atom stereocenters. The van der Waals surface area contributed by atoms with Crippen molar-refractivity contribution in [3.8, 4) is 5.75 Å². The molecule has 1 aliphatic heterocycles. The quantitative estimate of drug-likeness (QED) is 0.863. The molecule has 1 fully saturated rings. The van der Waals surface area contributed by atoms with Crippen LogP contribution in [0.4, 0.5) is 0 Å². The number of hydrogen-bond donors (Lipinski definition) is 1. The van der Waals surface area contributed by atoms with Crippen LogP contribution in [0.25, 0.3) is 0 Å². The van der Waals surface area contributed by atoms with Crippen LogP contribution in [0.15, 0.2) is 18.2 Å². The molecule has 0 aliphatic carbocycles. The lowest BCUT2D eigenvalue weighted by molar-refractivity contribution is 0.0613. The van der Waals surface area contributed by atoms with E-state index < -0.39 is 6.10 Å². The van der Waals surface area contributed by atoms with E-state index in [1.54, 1.807) is 0 Å². The molecule has 4 heteroatoms. The Morgan fingerprint density at radius 1 is 1.18 bits per heavy atom. The summed E-state index contributed by atoms with van der Waals surface area (Å²) in [5.41, 5.74) is 2.41. The highest BCUT2D eigenvalue weighted by molar-refractivity contribution is 5.85. The van der Waals surface area contributed by atoms with E-state index in [2.05, 4.69) is 43.9 Å². The Bertz CT molecular complexity index is 445. The fourth-order valence-corrected chi connectivity index (χ4v) is 2.92. The Labute approximate surface area is 141 Å². The van der Waals surface area contributed by atoms with Gasteiger partial charge < -0.3 is 14.7 Å². The highest BCUT2D eigenvalue weighted by atomic mass is 35.5. The van der Waals surface area contributed by atoms with Crippen molar-refractivity contribution in [2.24, 2.45) is 0 Å². The number of hydrogen-bond acceptors (Lipinski definition) is 3. The minimum atomic E-state index is -0.413. The first-order valence-electron chi connectivity index (χ1n) is 8.20. The second kappa shape index (κ2) is 9.39. The molecule has 1 aliphatic rings. The van der Waals surface area contributed by atoms with Crippen molar-refractivity contribution in [3.63, 3.8) is 0 Å². The molecule has 126 valence electrons. The molecule has 0 spiro atoms. The van der Waals surface area contributed by atoms with Crippen LogP contribution in [0.1, 0.15) is 50.2 Å². The first-order valence-corrected chi connectivity index (χ1v) is 8.20. The van der Waals surface area contributed by atoms with Gasteiger partial charge in [-0.1, -0.05) is 32.4 Å². The number of ether oxygens (including phenoxy) is 1. The molecule has 0 amide bonds. The first-order chi connectivity index (χ1) is 10.1. The molecular weight excluding hydrogens is 298 g/mol. The smallest absolute Gasteiger partial charge is 0.123 e. The normalized spacial score (nSPS) is 17.1. The van der Waals surface area contributed by atoms with Gasteiger partial charge in [0, 0.05) is 6.54 Å². The van der Waals surface area contributed by atoms with Gasteiger partial charge in [-0.15, -0.1) is 12.4 Å². The van der Waals surface area contributed by atoms with Crippen molar-refractivity contribution in [3.05, 3.63) is 29.3 Å². The van der Waals surface area contributed by atoms with Gasteiger partial charge in [0.05, 0.1) is 0 Å². The standard InChI is InChI=1S/C18H29NO2.ClH/c1-14(2)17-8-7-15(3)11-18(17)21-13-16(20)12-19-9-5-4-6-10-19;/h7-8,11,14,16,20H,4-6,9-10,12-13H2,1-3H3;1H. The zero-order valence-corrected chi connectivity index (χ0v) is 14.9. The maximum absolute atomic E-state index is 10.2. The van der Waals surface area contributed by atoms with Gasteiger partial charge in [0.1, 0.15) is 18.5 Å². The third-order valence-corrected chi connectivity index (χ3v) is 4.14. The number of benzene rings is 1. The van der Waals surface area contributed by atoms with Crippen molar-refractivity contribution < 1.29 is 9.84 Å². The van der Waals surface area contributed by atoms with Crippen LogP contribution < -0.4 is 4.74 Å². The van der Waals surface area contributed by atoms with E-state index in [9.17, 15) is 5.11 Å². The summed E-state index contributed by atoms with van der Waals surface area (Å²) in [4.78, 5) is 2.34. The summed E-state index contributed by atoms with van der Waals surface area (Å²) in [6.45, 7) is 9.73. The monoisotopic (exact) mass is 327 g/mol. The zero-order chi connectivity index (χ0) is 15.2. The predicted octanol–water partition coefficient (Wildman–Crippen LogP) is 3.77. The zero-order valence-electron chi connectivity index (χ0n) is 14.0. The number of aliphatic hydroxyl groups is 1. The highest BCUT2D eigenvalue weighted by Crippen LogP contribution is 2.27. The van der Waals surface area contributed by atoms with Crippen molar-refractivity contribution in [1.82, 2.24) is 4.90 Å². The molecule has 0 radical (unpaired) electrons. The fourth-order valence-electron chi connectivity index (χ4n) is 2.92. The van der Waals surface area contributed by atoms with Gasteiger partial charge >= 0.3 is 0 Å². The van der Waals surface area contributed by atoms with Crippen LogP contribution in [0.5, 0.6) is 5.75 Å². The van der Waals surface area contributed by atoms with Crippen LogP contribution in [-0.2, 0) is 0 Å². The Morgan fingerprint density at radius 3 is 2.50 bits per heavy atom. The molecule has 22 heavy (non-hydrogen) atoms. The summed E-state index contributed by atoms with van der Waals surface area (Å²) in [6.07, 6.45) is 3.42. The molecular formula is C18H30ClNO2. The number of nitrogens with zero attached hydrogens (tertiary/aromatic N) is 1. The number of rotatable bonds is 6. The molecule has 0 saturated carbocycles. The number of aryl methyl sites for hydroxylation is 1. The Morgan fingerprint density at radius 2 is 1.86 bits per heavy atom. The summed E-state index contributed by atoms with van der Waals surface area (Å²) in [5, 5.41) is 10.2. The molecule has 1 N–H and O–H groups in total. The van der Waals surface area contributed by atoms with Crippen LogP contribution in [-0.4, -0.2) is 42.4 Å². The molecule has 2 rings (SSSR count). The number of likely N-dealkylation sites (tertiary alicyclic amines) is 1. The van der Waals surface area contributed by atoms with Crippen LogP contribution in [0.3, 0.4) is 0 Å². The average Bonchev–Trinajstić information content (AvgIpc) is 2.46. The minimum absolute atomic E-state index is 0. The van der Waals surface area contributed by atoms with Crippen molar-refractivity contribution in [1.29, 1.82) is 0 Å². The highest BCUT2D eigenvalue weighted by Gasteiger charge is 2.16. The average molecular weight is 328 g/mol. The van der Waals surface area contributed by atoms with Gasteiger partial charge in [0.25, 0.3) is 0 Å². The van der Waals surface area contributed by atoms with Crippen LogP contribution in [0, 0.1) is 6.92 Å². The van der Waals surface area contributed by atoms with Crippen molar-refractivity contribution in [2.75, 3.05) is 26.2 Å². The number of halogens is 1. The van der Waals surface area contributed by atoms with Gasteiger partial charge in [-0.05, 0) is 56.0 Å². The number of piperidine rings is 1. The lowest BCUT2D eigenvalue weighted by Crippen LogP contribution is -2.38.